The Balaban J connectivity index is 2.60. The highest BCUT2D eigenvalue weighted by Gasteiger charge is 2.23. The molecule has 0 saturated heterocycles. The molecule has 0 fully saturated rings. The van der Waals surface area contributed by atoms with Crippen molar-refractivity contribution in [1.82, 2.24) is 20.3 Å². The van der Waals surface area contributed by atoms with E-state index in [2.05, 4.69) is 50.2 Å². The number of hydrogen-bond donors (Lipinski definition) is 1. The standard InChI is InChI=1S/C14H28N4/c1-7-15-12(8-11(2)14(3,4)5)9-13-10-18(6)17-16-13/h10-12,15H,7-9H2,1-6H3. The highest BCUT2D eigenvalue weighted by Crippen LogP contribution is 2.29. The molecule has 0 saturated carbocycles. The Morgan fingerprint density at radius 2 is 2.06 bits per heavy atom. The zero-order valence-corrected chi connectivity index (χ0v) is 12.7. The first-order valence-electron chi connectivity index (χ1n) is 6.91. The maximum atomic E-state index is 4.18. The molecule has 0 spiro atoms. The van der Waals surface area contributed by atoms with Crippen molar-refractivity contribution in [3.05, 3.63) is 11.9 Å². The van der Waals surface area contributed by atoms with Gasteiger partial charge >= 0.3 is 0 Å². The Labute approximate surface area is 111 Å². The zero-order valence-electron chi connectivity index (χ0n) is 12.7. The molecule has 1 rings (SSSR count). The Morgan fingerprint density at radius 3 is 2.50 bits per heavy atom. The van der Waals surface area contributed by atoms with Crippen LogP contribution >= 0.6 is 0 Å². The Bertz CT molecular complexity index is 351. The van der Waals surface area contributed by atoms with Gasteiger partial charge in [-0.05, 0) is 24.3 Å². The Morgan fingerprint density at radius 1 is 1.39 bits per heavy atom. The molecular weight excluding hydrogens is 224 g/mol. The molecule has 2 atom stereocenters. The van der Waals surface area contributed by atoms with Crippen molar-refractivity contribution in [3.8, 4) is 0 Å². The van der Waals surface area contributed by atoms with Gasteiger partial charge in [-0.2, -0.15) is 0 Å². The monoisotopic (exact) mass is 252 g/mol. The summed E-state index contributed by atoms with van der Waals surface area (Å²) in [5.74, 6) is 0.679. The number of nitrogens with zero attached hydrogens (tertiary/aromatic N) is 3. The van der Waals surface area contributed by atoms with E-state index in [-0.39, 0.29) is 0 Å². The molecule has 0 bridgehead atoms. The van der Waals surface area contributed by atoms with Crippen LogP contribution in [0, 0.1) is 11.3 Å². The van der Waals surface area contributed by atoms with E-state index in [1.807, 2.05) is 13.2 Å². The molecule has 1 aromatic heterocycles. The van der Waals surface area contributed by atoms with E-state index >= 15 is 0 Å². The summed E-state index contributed by atoms with van der Waals surface area (Å²) in [6.07, 6.45) is 4.14. The number of aromatic nitrogens is 3. The van der Waals surface area contributed by atoms with Gasteiger partial charge in [0.1, 0.15) is 0 Å². The lowest BCUT2D eigenvalue weighted by molar-refractivity contribution is 0.222. The second kappa shape index (κ2) is 6.32. The Hall–Kier alpha value is -0.900. The van der Waals surface area contributed by atoms with Crippen LogP contribution in [0.25, 0.3) is 0 Å². The van der Waals surface area contributed by atoms with Crippen molar-refractivity contribution in [2.45, 2.75) is 53.5 Å². The Kier molecular flexibility index (Phi) is 5.32. The number of likely N-dealkylation sites (N-methyl/N-ethyl adjacent to an activating group) is 1. The first-order chi connectivity index (χ1) is 8.32. The first kappa shape index (κ1) is 15.2. The normalized spacial score (nSPS) is 15.7. The van der Waals surface area contributed by atoms with Crippen molar-refractivity contribution < 1.29 is 0 Å². The maximum Gasteiger partial charge on any atom is 0.0842 e. The predicted molar refractivity (Wildman–Crippen MR) is 75.4 cm³/mol. The minimum absolute atomic E-state index is 0.357. The van der Waals surface area contributed by atoms with Crippen LogP contribution in [-0.2, 0) is 13.5 Å². The fraction of sp³-hybridized carbons (Fsp3) is 0.857. The highest BCUT2D eigenvalue weighted by molar-refractivity contribution is 4.96. The largest absolute Gasteiger partial charge is 0.314 e. The van der Waals surface area contributed by atoms with Crippen LogP contribution in [0.5, 0.6) is 0 Å². The minimum atomic E-state index is 0.357. The van der Waals surface area contributed by atoms with Crippen molar-refractivity contribution in [2.75, 3.05) is 6.54 Å². The van der Waals surface area contributed by atoms with E-state index in [9.17, 15) is 0 Å². The molecule has 1 aromatic rings. The quantitative estimate of drug-likeness (QED) is 0.845. The van der Waals surface area contributed by atoms with Crippen LogP contribution in [0.3, 0.4) is 0 Å². The summed E-state index contributed by atoms with van der Waals surface area (Å²) in [5.41, 5.74) is 1.43. The van der Waals surface area contributed by atoms with Gasteiger partial charge in [0.05, 0.1) is 5.69 Å². The predicted octanol–water partition coefficient (Wildman–Crippen LogP) is 2.41. The number of aryl methyl sites for hydroxylation is 1. The minimum Gasteiger partial charge on any atom is -0.314 e. The molecular formula is C14H28N4. The molecule has 1 N–H and O–H groups in total. The van der Waals surface area contributed by atoms with E-state index in [0.717, 1.165) is 18.7 Å². The molecule has 104 valence electrons. The third-order valence-corrected chi connectivity index (χ3v) is 3.71. The number of hydrogen-bond acceptors (Lipinski definition) is 3. The topological polar surface area (TPSA) is 42.7 Å². The molecule has 1 heterocycles. The summed E-state index contributed by atoms with van der Waals surface area (Å²) < 4.78 is 1.77. The van der Waals surface area contributed by atoms with Crippen LogP contribution in [0.2, 0.25) is 0 Å². The van der Waals surface area contributed by atoms with Crippen LogP contribution in [0.15, 0.2) is 6.20 Å². The lowest BCUT2D eigenvalue weighted by Crippen LogP contribution is -2.35. The summed E-state index contributed by atoms with van der Waals surface area (Å²) >= 11 is 0. The van der Waals surface area contributed by atoms with Crippen LogP contribution in [0.1, 0.15) is 46.7 Å². The molecule has 0 aliphatic carbocycles. The zero-order chi connectivity index (χ0) is 13.8. The molecule has 0 amide bonds. The van der Waals surface area contributed by atoms with E-state index < -0.39 is 0 Å². The van der Waals surface area contributed by atoms with Gasteiger partial charge < -0.3 is 5.32 Å². The third-order valence-electron chi connectivity index (χ3n) is 3.71. The molecule has 0 aliphatic heterocycles. The molecule has 0 radical (unpaired) electrons. The highest BCUT2D eigenvalue weighted by atomic mass is 15.4. The molecule has 4 heteroatoms. The fourth-order valence-electron chi connectivity index (χ4n) is 2.05. The molecule has 2 unspecified atom stereocenters. The molecule has 18 heavy (non-hydrogen) atoms. The molecule has 0 aliphatic rings. The van der Waals surface area contributed by atoms with Crippen LogP contribution in [0.4, 0.5) is 0 Å². The summed E-state index contributed by atoms with van der Waals surface area (Å²) in [6.45, 7) is 12.4. The third kappa shape index (κ3) is 4.77. The fourth-order valence-corrected chi connectivity index (χ4v) is 2.05. The summed E-state index contributed by atoms with van der Waals surface area (Å²) in [6, 6.07) is 0.487. The van der Waals surface area contributed by atoms with Crippen molar-refractivity contribution >= 4 is 0 Å². The van der Waals surface area contributed by atoms with Gasteiger partial charge in [-0.3, -0.25) is 4.68 Å². The van der Waals surface area contributed by atoms with Gasteiger partial charge in [-0.1, -0.05) is 39.8 Å². The summed E-state index contributed by atoms with van der Waals surface area (Å²) in [7, 11) is 1.91. The van der Waals surface area contributed by atoms with Crippen molar-refractivity contribution in [2.24, 2.45) is 18.4 Å². The van der Waals surface area contributed by atoms with Gasteiger partial charge in [-0.15, -0.1) is 5.10 Å². The smallest absolute Gasteiger partial charge is 0.0842 e. The van der Waals surface area contributed by atoms with E-state index in [4.69, 9.17) is 0 Å². The van der Waals surface area contributed by atoms with Gasteiger partial charge in [0.15, 0.2) is 0 Å². The van der Waals surface area contributed by atoms with Gasteiger partial charge in [-0.25, -0.2) is 0 Å². The molecule has 0 aromatic carbocycles. The number of nitrogens with one attached hydrogen (secondary N) is 1. The summed E-state index contributed by atoms with van der Waals surface area (Å²) in [4.78, 5) is 0. The van der Waals surface area contributed by atoms with E-state index in [1.165, 1.54) is 6.42 Å². The second-order valence-electron chi connectivity index (χ2n) is 6.35. The average Bonchev–Trinajstić information content (AvgIpc) is 2.62. The van der Waals surface area contributed by atoms with Crippen LogP contribution < -0.4 is 5.32 Å². The van der Waals surface area contributed by atoms with Crippen LogP contribution in [-0.4, -0.2) is 27.6 Å². The van der Waals surface area contributed by atoms with Crippen molar-refractivity contribution in [1.29, 1.82) is 0 Å². The van der Waals surface area contributed by atoms with Gasteiger partial charge in [0.2, 0.25) is 0 Å². The summed E-state index contributed by atoms with van der Waals surface area (Å²) in [5, 5.41) is 11.7. The van der Waals surface area contributed by atoms with Gasteiger partial charge in [0.25, 0.3) is 0 Å². The molecule has 4 nitrogen and oxygen atoms in total. The lowest BCUT2D eigenvalue weighted by Gasteiger charge is -2.31. The van der Waals surface area contributed by atoms with E-state index in [1.54, 1.807) is 4.68 Å². The van der Waals surface area contributed by atoms with E-state index in [0.29, 0.717) is 17.4 Å². The van der Waals surface area contributed by atoms with Gasteiger partial charge in [0, 0.05) is 25.7 Å². The first-order valence-corrected chi connectivity index (χ1v) is 6.91. The maximum absolute atomic E-state index is 4.18. The number of rotatable bonds is 6. The lowest BCUT2D eigenvalue weighted by atomic mass is 9.78. The van der Waals surface area contributed by atoms with Crippen molar-refractivity contribution in [3.63, 3.8) is 0 Å². The SMILES string of the molecule is CCNC(Cc1cn(C)nn1)CC(C)C(C)(C)C. The second-order valence-corrected chi connectivity index (χ2v) is 6.35. The average molecular weight is 252 g/mol.